The van der Waals surface area contributed by atoms with E-state index in [1.54, 1.807) is 12.1 Å². The molecule has 1 saturated carbocycles. The van der Waals surface area contributed by atoms with Crippen LogP contribution in [0, 0.1) is 11.2 Å². The predicted molar refractivity (Wildman–Crippen MR) is 110 cm³/mol. The van der Waals surface area contributed by atoms with Crippen molar-refractivity contribution in [2.75, 3.05) is 19.6 Å². The predicted octanol–water partition coefficient (Wildman–Crippen LogP) is 3.80. The summed E-state index contributed by atoms with van der Waals surface area (Å²) in [6, 6.07) is 5.69. The zero-order chi connectivity index (χ0) is 20.4. The zero-order valence-electron chi connectivity index (χ0n) is 16.7. The number of Topliss-reactive ketones (excluding diaryl/α,β-unsaturated/α-hetero) is 2. The average Bonchev–Trinajstić information content (AvgIpc) is 3.04. The van der Waals surface area contributed by atoms with E-state index in [0.29, 0.717) is 68.8 Å². The summed E-state index contributed by atoms with van der Waals surface area (Å²) in [4.78, 5) is 39.0. The van der Waals surface area contributed by atoms with Gasteiger partial charge in [-0.2, -0.15) is 0 Å². The lowest BCUT2D eigenvalue weighted by Gasteiger charge is -2.39. The Hall–Kier alpha value is -2.25. The van der Waals surface area contributed by atoms with Gasteiger partial charge in [-0.15, -0.1) is 12.4 Å². The first-order chi connectivity index (χ1) is 14.0. The molecule has 8 heteroatoms. The number of hydrogen-bond donors (Lipinski definition) is 0. The van der Waals surface area contributed by atoms with Gasteiger partial charge in [0.15, 0.2) is 11.5 Å². The fourth-order valence-corrected chi connectivity index (χ4v) is 4.47. The van der Waals surface area contributed by atoms with Crippen LogP contribution in [0.25, 0.3) is 11.3 Å². The number of likely N-dealkylation sites (tertiary alicyclic amines) is 1. The van der Waals surface area contributed by atoms with Gasteiger partial charge in [0.2, 0.25) is 0 Å². The monoisotopic (exact) mass is 437 g/mol. The Balaban J connectivity index is 0.00000256. The summed E-state index contributed by atoms with van der Waals surface area (Å²) >= 11 is 0. The molecule has 2 aromatic rings. The average molecular weight is 438 g/mol. The lowest BCUT2D eigenvalue weighted by molar-refractivity contribution is -0.143. The smallest absolute Gasteiger partial charge is 0.395 e. The molecular weight excluding hydrogens is 413 g/mol. The normalized spacial score (nSPS) is 19.5. The van der Waals surface area contributed by atoms with E-state index in [9.17, 15) is 18.8 Å². The molecule has 1 spiro atoms. The van der Waals surface area contributed by atoms with Crippen molar-refractivity contribution in [1.29, 1.82) is 0 Å². The van der Waals surface area contributed by atoms with E-state index in [0.717, 1.165) is 12.8 Å². The van der Waals surface area contributed by atoms with Crippen molar-refractivity contribution in [2.45, 2.75) is 44.9 Å². The lowest BCUT2D eigenvalue weighted by atomic mass is 9.71. The second-order valence-electron chi connectivity index (χ2n) is 7.94. The highest BCUT2D eigenvalue weighted by atomic mass is 35.5. The minimum absolute atomic E-state index is 0. The largest absolute Gasteiger partial charge is 0.519 e. The third-order valence-electron chi connectivity index (χ3n) is 6.24. The highest BCUT2D eigenvalue weighted by Gasteiger charge is 2.47. The van der Waals surface area contributed by atoms with Crippen LogP contribution >= 0.6 is 12.4 Å². The van der Waals surface area contributed by atoms with E-state index in [-0.39, 0.29) is 29.8 Å². The third kappa shape index (κ3) is 4.42. The van der Waals surface area contributed by atoms with Gasteiger partial charge in [-0.1, -0.05) is 0 Å². The summed E-state index contributed by atoms with van der Waals surface area (Å²) in [6.07, 6.45) is 4.20. The van der Waals surface area contributed by atoms with E-state index in [2.05, 4.69) is 4.90 Å². The Morgan fingerprint density at radius 2 is 1.53 bits per heavy atom. The maximum atomic E-state index is 13.2. The second kappa shape index (κ2) is 9.27. The van der Waals surface area contributed by atoms with E-state index in [1.165, 1.54) is 12.1 Å². The number of rotatable bonds is 4. The second-order valence-corrected chi connectivity index (χ2v) is 7.94. The van der Waals surface area contributed by atoms with Crippen molar-refractivity contribution in [3.63, 3.8) is 0 Å². The molecule has 0 N–H and O–H groups in total. The van der Waals surface area contributed by atoms with Crippen LogP contribution in [0.4, 0.5) is 4.39 Å². The SMILES string of the molecule is Cl.O=C1CCCCC(=O)C12CCN(CCc1oc(=O)oc1-c1ccc(F)cc1)CC2. The number of piperidine rings is 1. The molecule has 1 aliphatic heterocycles. The summed E-state index contributed by atoms with van der Waals surface area (Å²) in [5.41, 5.74) is -0.200. The van der Waals surface area contributed by atoms with E-state index in [1.807, 2.05) is 0 Å². The molecule has 0 atom stereocenters. The number of halogens is 2. The molecule has 1 aliphatic carbocycles. The van der Waals surface area contributed by atoms with Crippen LogP contribution in [0.1, 0.15) is 44.3 Å². The molecule has 0 radical (unpaired) electrons. The van der Waals surface area contributed by atoms with Crippen LogP contribution in [-0.4, -0.2) is 36.1 Å². The minimum Gasteiger partial charge on any atom is -0.395 e. The number of nitrogens with zero attached hydrogens (tertiary/aromatic N) is 1. The first kappa shape index (κ1) is 22.4. The van der Waals surface area contributed by atoms with E-state index < -0.39 is 11.2 Å². The van der Waals surface area contributed by atoms with E-state index in [4.69, 9.17) is 8.83 Å². The highest BCUT2D eigenvalue weighted by Crippen LogP contribution is 2.39. The molecule has 1 saturated heterocycles. The van der Waals surface area contributed by atoms with Gasteiger partial charge in [0.05, 0.1) is 5.41 Å². The lowest BCUT2D eigenvalue weighted by Crippen LogP contribution is -2.48. The van der Waals surface area contributed by atoms with Crippen LogP contribution in [0.2, 0.25) is 0 Å². The van der Waals surface area contributed by atoms with Gasteiger partial charge in [-0.25, -0.2) is 9.18 Å². The fraction of sp³-hybridized carbons (Fsp3) is 0.500. The Morgan fingerprint density at radius 1 is 0.933 bits per heavy atom. The molecule has 30 heavy (non-hydrogen) atoms. The van der Waals surface area contributed by atoms with Gasteiger partial charge < -0.3 is 13.7 Å². The van der Waals surface area contributed by atoms with Crippen molar-refractivity contribution >= 4 is 24.0 Å². The van der Waals surface area contributed by atoms with Crippen molar-refractivity contribution in [1.82, 2.24) is 4.90 Å². The van der Waals surface area contributed by atoms with Gasteiger partial charge >= 0.3 is 5.82 Å². The van der Waals surface area contributed by atoms with Crippen molar-refractivity contribution < 1.29 is 22.8 Å². The first-order valence-corrected chi connectivity index (χ1v) is 10.2. The molecule has 2 aliphatic rings. The molecule has 2 heterocycles. The summed E-state index contributed by atoms with van der Waals surface area (Å²) in [7, 11) is 0. The zero-order valence-corrected chi connectivity index (χ0v) is 17.5. The third-order valence-corrected chi connectivity index (χ3v) is 6.24. The Bertz CT molecular complexity index is 937. The minimum atomic E-state index is -0.786. The van der Waals surface area contributed by atoms with Crippen LogP contribution in [0.15, 0.2) is 37.9 Å². The summed E-state index contributed by atoms with van der Waals surface area (Å²) in [5.74, 6) is -0.197. The first-order valence-electron chi connectivity index (χ1n) is 10.2. The fourth-order valence-electron chi connectivity index (χ4n) is 4.47. The Morgan fingerprint density at radius 3 is 2.13 bits per heavy atom. The summed E-state index contributed by atoms with van der Waals surface area (Å²) in [6.45, 7) is 1.94. The maximum absolute atomic E-state index is 13.2. The standard InChI is InChI=1S/C22H24FNO5.ClH/c23-16-7-5-15(6-8-16)20-17(28-21(27)29-20)9-12-24-13-10-22(11-14-24)18(25)3-1-2-4-19(22)26;/h5-8H,1-4,9-14H2;1H. The van der Waals surface area contributed by atoms with Crippen LogP contribution in [0.5, 0.6) is 0 Å². The number of ketones is 2. The number of benzene rings is 1. The molecule has 6 nitrogen and oxygen atoms in total. The number of carbonyl (C=O) groups is 2. The van der Waals surface area contributed by atoms with Crippen LogP contribution in [-0.2, 0) is 16.0 Å². The molecule has 1 aromatic carbocycles. The van der Waals surface area contributed by atoms with Crippen LogP contribution in [0.3, 0.4) is 0 Å². The Labute approximate surface area is 179 Å². The molecule has 0 amide bonds. The highest BCUT2D eigenvalue weighted by molar-refractivity contribution is 6.07. The molecule has 162 valence electrons. The van der Waals surface area contributed by atoms with E-state index >= 15 is 0 Å². The van der Waals surface area contributed by atoms with Gasteiger partial charge in [-0.3, -0.25) is 9.59 Å². The van der Waals surface area contributed by atoms with Gasteiger partial charge in [-0.05, 0) is 63.0 Å². The maximum Gasteiger partial charge on any atom is 0.519 e. The van der Waals surface area contributed by atoms with Crippen molar-refractivity contribution in [3.05, 3.63) is 46.5 Å². The summed E-state index contributed by atoms with van der Waals surface area (Å²) in [5, 5.41) is 0. The quantitative estimate of drug-likeness (QED) is 0.677. The number of hydrogen-bond acceptors (Lipinski definition) is 6. The Kier molecular flexibility index (Phi) is 6.93. The van der Waals surface area contributed by atoms with Gasteiger partial charge in [0.1, 0.15) is 17.4 Å². The summed E-state index contributed by atoms with van der Waals surface area (Å²) < 4.78 is 23.5. The molecular formula is C22H25ClFNO5. The molecule has 1 aromatic heterocycles. The molecule has 0 bridgehead atoms. The molecule has 2 fully saturated rings. The topological polar surface area (TPSA) is 80.7 Å². The van der Waals surface area contributed by atoms with Gasteiger partial charge in [0.25, 0.3) is 0 Å². The molecule has 4 rings (SSSR count). The van der Waals surface area contributed by atoms with Crippen molar-refractivity contribution in [2.24, 2.45) is 5.41 Å². The van der Waals surface area contributed by atoms with Gasteiger partial charge in [0, 0.05) is 31.4 Å². The van der Waals surface area contributed by atoms with Crippen LogP contribution < -0.4 is 5.82 Å². The molecule has 0 unspecified atom stereocenters. The number of carbonyl (C=O) groups excluding carboxylic acids is 2. The van der Waals surface area contributed by atoms with Crippen molar-refractivity contribution in [3.8, 4) is 11.3 Å².